The summed E-state index contributed by atoms with van der Waals surface area (Å²) in [6.07, 6.45) is 13.1. The maximum Gasteiger partial charge on any atom is 0.0887 e. The van der Waals surface area contributed by atoms with Gasteiger partial charge < -0.3 is 33.0 Å². The van der Waals surface area contributed by atoms with Crippen molar-refractivity contribution in [1.82, 2.24) is 48.2 Å². The third kappa shape index (κ3) is 15.1. The van der Waals surface area contributed by atoms with Crippen molar-refractivity contribution in [3.63, 3.8) is 0 Å². The van der Waals surface area contributed by atoms with Gasteiger partial charge in [-0.1, -0.05) is 237 Å². The van der Waals surface area contributed by atoms with Gasteiger partial charge in [-0.3, -0.25) is 29.9 Å². The average Bonchev–Trinajstić information content (AvgIpc) is 1.52. The molecule has 0 N–H and O–H groups in total. The van der Waals surface area contributed by atoms with Crippen molar-refractivity contribution in [3.05, 3.63) is 517 Å². The molecule has 0 aliphatic rings. The van der Waals surface area contributed by atoms with E-state index in [1.807, 2.05) is 84.7 Å². The summed E-state index contributed by atoms with van der Waals surface area (Å²) >= 11 is 1.85. The standard InChI is InChI=1S/C46H31N5.C40H26N4S.C40H28N4/c1-2-13-32(14-3-1)49(33-24-26-34(27-25-33)50-41-19-7-4-15-36(41)37-16-5-8-20-42(37)50)44-22-12-23-45-46(44)38-17-6-9-21-43(38)51(45)35-28-29-40(48-31-35)39-18-10-11-30-47-39;1-2-11-27(12-3-1)43(28-21-23-39-32(25-28)30-13-5-7-19-38(30)45-39)36-17-10-18-37-40(36)31-14-4-6-16-35(31)44(37)29-20-22-34(42-26-29)33-15-8-9-24-41-33;1-3-11-29(12-4-1)30-20-22-33(23-21-30)43(32-14-5-2-6-15-32)38-18-9-19-39-40(38)35-16-7-8-17-37(35)44(39)34-24-25-36(42-28-34)31-13-10-26-41-27-31/h1-31H;1-26H;1-28H. The number of aromatic nitrogens is 10. The Bertz CT molecular complexity index is 9150. The average molecular weight is 1810 g/mol. The van der Waals surface area contributed by atoms with E-state index in [4.69, 9.17) is 15.0 Å². The second-order valence-corrected chi connectivity index (χ2v) is 35.6. The highest BCUT2D eigenvalue weighted by molar-refractivity contribution is 7.25. The minimum Gasteiger partial charge on any atom is -0.310 e. The van der Waals surface area contributed by atoms with Gasteiger partial charge in [-0.05, 0) is 248 Å². The van der Waals surface area contributed by atoms with Gasteiger partial charge in [0.2, 0.25) is 0 Å². The number of anilines is 9. The molecular weight excluding hydrogens is 1730 g/mol. The molecule has 0 fully saturated rings. The summed E-state index contributed by atoms with van der Waals surface area (Å²) in [5.74, 6) is 0. The number of thiophene rings is 1. The third-order valence-electron chi connectivity index (χ3n) is 26.4. The SMILES string of the molecule is c1ccc(-c2ccc(N(c3ccccc3)c3cccc4c3c3ccccc3n4-c3ccc(-c4cccnc4)nc3)cc2)cc1.c1ccc(N(c2ccc(-n3c4ccccc4c4ccccc43)cc2)c2cccc3c2c2ccccc2n3-c2ccc(-c3ccccn3)nc2)cc1.c1ccc(N(c2ccc3sc4ccccc4c3c2)c2cccc3c2c2ccccc2n3-c2ccc(-c3ccccn3)nc2)cc1. The quantitative estimate of drug-likeness (QED) is 0.0881. The van der Waals surface area contributed by atoms with Gasteiger partial charge in [0, 0.05) is 133 Å². The van der Waals surface area contributed by atoms with Crippen LogP contribution in [0.25, 0.3) is 175 Å². The number of hydrogen-bond donors (Lipinski definition) is 0. The molecule has 0 atom stereocenters. The first-order chi connectivity index (χ1) is 69.5. The first-order valence-corrected chi connectivity index (χ1v) is 47.7. The van der Waals surface area contributed by atoms with Crippen LogP contribution in [0.5, 0.6) is 0 Å². The fraction of sp³-hybridized carbons (Fsp3) is 0. The van der Waals surface area contributed by atoms with Crippen LogP contribution in [0.15, 0.2) is 517 Å². The Hall–Kier alpha value is -18.8. The molecule has 0 aliphatic carbocycles. The van der Waals surface area contributed by atoms with Crippen LogP contribution in [0.4, 0.5) is 51.2 Å². The zero-order valence-corrected chi connectivity index (χ0v) is 76.6. The second kappa shape index (κ2) is 36.2. The molecule has 0 bridgehead atoms. The Morgan fingerprint density at radius 1 is 0.179 bits per heavy atom. The lowest BCUT2D eigenvalue weighted by atomic mass is 10.0. The van der Waals surface area contributed by atoms with Crippen molar-refractivity contribution >= 4 is 170 Å². The Balaban J connectivity index is 0.000000111. The predicted molar refractivity (Wildman–Crippen MR) is 582 cm³/mol. The van der Waals surface area contributed by atoms with E-state index in [9.17, 15) is 0 Å². The van der Waals surface area contributed by atoms with Crippen LogP contribution in [0, 0.1) is 0 Å². The van der Waals surface area contributed by atoms with Crippen molar-refractivity contribution in [3.8, 4) is 67.9 Å². The van der Waals surface area contributed by atoms with Crippen molar-refractivity contribution in [1.29, 1.82) is 0 Å². The molecule has 0 spiro atoms. The molecule has 140 heavy (non-hydrogen) atoms. The lowest BCUT2D eigenvalue weighted by molar-refractivity contribution is 1.13. The van der Waals surface area contributed by atoms with Crippen LogP contribution in [0.1, 0.15) is 0 Å². The first kappa shape index (κ1) is 83.1. The topological polar surface area (TPSA) is 107 Å². The van der Waals surface area contributed by atoms with E-state index in [2.05, 4.69) is 473 Å². The summed E-state index contributed by atoms with van der Waals surface area (Å²) < 4.78 is 11.9. The zero-order chi connectivity index (χ0) is 92.8. The van der Waals surface area contributed by atoms with Crippen molar-refractivity contribution in [2.45, 2.75) is 0 Å². The van der Waals surface area contributed by atoms with Gasteiger partial charge in [0.1, 0.15) is 0 Å². The van der Waals surface area contributed by atoms with Crippen LogP contribution in [0.2, 0.25) is 0 Å². The summed E-state index contributed by atoms with van der Waals surface area (Å²) in [6, 6.07) is 167. The van der Waals surface area contributed by atoms with Crippen LogP contribution < -0.4 is 14.7 Å². The number of nitrogens with zero attached hydrogens (tertiary/aromatic N) is 13. The maximum absolute atomic E-state index is 4.84. The summed E-state index contributed by atoms with van der Waals surface area (Å²) in [5.41, 5.74) is 31.0. The first-order valence-electron chi connectivity index (χ1n) is 46.9. The summed E-state index contributed by atoms with van der Waals surface area (Å²) in [6.45, 7) is 0. The molecule has 0 saturated heterocycles. The molecule has 0 aliphatic heterocycles. The predicted octanol–water partition coefficient (Wildman–Crippen LogP) is 33.3. The van der Waals surface area contributed by atoms with Crippen LogP contribution in [0.3, 0.4) is 0 Å². The van der Waals surface area contributed by atoms with Gasteiger partial charge in [-0.25, -0.2) is 0 Å². The molecule has 13 nitrogen and oxygen atoms in total. The maximum atomic E-state index is 4.84. The highest BCUT2D eigenvalue weighted by atomic mass is 32.1. The van der Waals surface area contributed by atoms with E-state index in [-0.39, 0.29) is 0 Å². The van der Waals surface area contributed by atoms with Crippen molar-refractivity contribution < 1.29 is 0 Å². The number of para-hydroxylation sites is 8. The van der Waals surface area contributed by atoms with E-state index < -0.39 is 0 Å². The van der Waals surface area contributed by atoms with Gasteiger partial charge >= 0.3 is 0 Å². The number of rotatable bonds is 17. The van der Waals surface area contributed by atoms with Gasteiger partial charge in [0.05, 0.1) is 125 Å². The molecule has 660 valence electrons. The molecule has 16 aromatic carbocycles. The highest BCUT2D eigenvalue weighted by Crippen LogP contribution is 2.50. The minimum atomic E-state index is 0.848. The molecular formula is C126H85N13S. The van der Waals surface area contributed by atoms with Crippen LogP contribution >= 0.6 is 11.3 Å². The van der Waals surface area contributed by atoms with E-state index in [0.717, 1.165) is 141 Å². The second-order valence-electron chi connectivity index (χ2n) is 34.5. The molecule has 27 rings (SSSR count). The zero-order valence-electron chi connectivity index (χ0n) is 75.8. The number of hydrogen-bond acceptors (Lipinski definition) is 10. The minimum absolute atomic E-state index is 0.848. The van der Waals surface area contributed by atoms with Gasteiger partial charge in [0.25, 0.3) is 0 Å². The van der Waals surface area contributed by atoms with Gasteiger partial charge in [-0.15, -0.1) is 11.3 Å². The van der Waals surface area contributed by atoms with Crippen LogP contribution in [-0.4, -0.2) is 48.2 Å². The van der Waals surface area contributed by atoms with Gasteiger partial charge in [-0.2, -0.15) is 0 Å². The van der Waals surface area contributed by atoms with E-state index in [1.165, 1.54) is 85.4 Å². The Morgan fingerprint density at radius 3 is 0.921 bits per heavy atom. The largest absolute Gasteiger partial charge is 0.310 e. The van der Waals surface area contributed by atoms with Gasteiger partial charge in [0.15, 0.2) is 0 Å². The fourth-order valence-corrected chi connectivity index (χ4v) is 21.3. The number of benzene rings is 16. The third-order valence-corrected chi connectivity index (χ3v) is 27.6. The van der Waals surface area contributed by atoms with E-state index in [0.29, 0.717) is 0 Å². The molecule has 11 heterocycles. The van der Waals surface area contributed by atoms with Crippen molar-refractivity contribution in [2.24, 2.45) is 0 Å². The lowest BCUT2D eigenvalue weighted by Gasteiger charge is -2.27. The fourth-order valence-electron chi connectivity index (χ4n) is 20.2. The number of fused-ring (bicyclic) bond motifs is 15. The molecule has 0 radical (unpaired) electrons. The van der Waals surface area contributed by atoms with Crippen molar-refractivity contribution in [2.75, 3.05) is 14.7 Å². The highest BCUT2D eigenvalue weighted by Gasteiger charge is 2.27. The number of pyridine rings is 6. The molecule has 0 amide bonds. The normalized spacial score (nSPS) is 11.4. The van der Waals surface area contributed by atoms with Crippen LogP contribution in [-0.2, 0) is 0 Å². The summed E-state index contributed by atoms with van der Waals surface area (Å²) in [7, 11) is 0. The van der Waals surface area contributed by atoms with E-state index in [1.54, 1.807) is 18.6 Å². The summed E-state index contributed by atoms with van der Waals surface area (Å²) in [5, 5.41) is 12.2. The molecule has 0 saturated carbocycles. The monoisotopic (exact) mass is 1810 g/mol. The Morgan fingerprint density at radius 2 is 0.500 bits per heavy atom. The molecule has 0 unspecified atom stereocenters. The summed E-state index contributed by atoms with van der Waals surface area (Å²) in [4.78, 5) is 34.9. The lowest BCUT2D eigenvalue weighted by Crippen LogP contribution is -2.10. The Labute approximate surface area is 811 Å². The van der Waals surface area contributed by atoms with E-state index >= 15 is 0 Å². The molecule has 27 aromatic rings. The molecule has 11 aromatic heterocycles. The Kier molecular flexibility index (Phi) is 21.5. The molecule has 14 heteroatoms. The smallest absolute Gasteiger partial charge is 0.0887 e.